The molecule has 0 spiro atoms. The fraction of sp³-hybridized carbons (Fsp3) is 0.250. The SMILES string of the molecule is COc1ccc(C(CC(=O)NC(C)c2ccccc2)c2cn(C)c3ccccc23)cc1OC. The van der Waals surface area contributed by atoms with Gasteiger partial charge in [-0.3, -0.25) is 4.79 Å². The number of nitrogens with one attached hydrogen (secondary N) is 1. The van der Waals surface area contributed by atoms with Gasteiger partial charge in [0.25, 0.3) is 0 Å². The van der Waals surface area contributed by atoms with Gasteiger partial charge in [0.1, 0.15) is 0 Å². The van der Waals surface area contributed by atoms with Gasteiger partial charge in [-0.25, -0.2) is 0 Å². The number of benzene rings is 3. The summed E-state index contributed by atoms with van der Waals surface area (Å²) in [4.78, 5) is 13.2. The number of hydrogen-bond donors (Lipinski definition) is 1. The van der Waals surface area contributed by atoms with E-state index in [1.807, 2.05) is 74.6 Å². The van der Waals surface area contributed by atoms with E-state index in [9.17, 15) is 4.79 Å². The summed E-state index contributed by atoms with van der Waals surface area (Å²) < 4.78 is 13.1. The molecule has 0 saturated carbocycles. The molecule has 0 aliphatic carbocycles. The van der Waals surface area contributed by atoms with Crippen LogP contribution in [-0.2, 0) is 11.8 Å². The molecule has 1 heterocycles. The molecule has 1 aromatic heterocycles. The zero-order valence-corrected chi connectivity index (χ0v) is 19.5. The van der Waals surface area contributed by atoms with Crippen molar-refractivity contribution < 1.29 is 14.3 Å². The van der Waals surface area contributed by atoms with Crippen molar-refractivity contribution in [1.82, 2.24) is 9.88 Å². The first-order chi connectivity index (χ1) is 16.0. The fourth-order valence-electron chi connectivity index (χ4n) is 4.44. The van der Waals surface area contributed by atoms with Gasteiger partial charge in [0.15, 0.2) is 11.5 Å². The molecule has 170 valence electrons. The monoisotopic (exact) mass is 442 g/mol. The smallest absolute Gasteiger partial charge is 0.221 e. The van der Waals surface area contributed by atoms with E-state index in [1.54, 1.807) is 14.2 Å². The average Bonchev–Trinajstić information content (AvgIpc) is 3.19. The molecule has 0 radical (unpaired) electrons. The number of rotatable bonds is 8. The number of carbonyl (C=O) groups excluding carboxylic acids is 1. The number of nitrogens with zero attached hydrogens (tertiary/aromatic N) is 1. The highest BCUT2D eigenvalue weighted by Gasteiger charge is 2.24. The number of aryl methyl sites for hydroxylation is 1. The van der Waals surface area contributed by atoms with Crippen molar-refractivity contribution in [3.05, 3.63) is 95.7 Å². The van der Waals surface area contributed by atoms with Crippen molar-refractivity contribution >= 4 is 16.8 Å². The largest absolute Gasteiger partial charge is 0.493 e. The number of ether oxygens (including phenoxy) is 2. The van der Waals surface area contributed by atoms with Crippen molar-refractivity contribution in [3.8, 4) is 11.5 Å². The third-order valence-electron chi connectivity index (χ3n) is 6.18. The molecule has 0 saturated heterocycles. The Kier molecular flexibility index (Phi) is 6.68. The number of hydrogen-bond acceptors (Lipinski definition) is 3. The van der Waals surface area contributed by atoms with Crippen LogP contribution in [0.1, 0.15) is 42.0 Å². The first-order valence-corrected chi connectivity index (χ1v) is 11.1. The summed E-state index contributed by atoms with van der Waals surface area (Å²) >= 11 is 0. The van der Waals surface area contributed by atoms with Gasteiger partial charge in [0.2, 0.25) is 5.91 Å². The van der Waals surface area contributed by atoms with Crippen molar-refractivity contribution in [2.45, 2.75) is 25.3 Å². The molecule has 1 amide bonds. The van der Waals surface area contributed by atoms with Crippen molar-refractivity contribution in [1.29, 1.82) is 0 Å². The summed E-state index contributed by atoms with van der Waals surface area (Å²) in [6.45, 7) is 2.01. The molecule has 33 heavy (non-hydrogen) atoms. The molecule has 0 aliphatic heterocycles. The maximum absolute atomic E-state index is 13.2. The number of carbonyl (C=O) groups is 1. The van der Waals surface area contributed by atoms with Crippen LogP contribution >= 0.6 is 0 Å². The minimum absolute atomic E-state index is 0.000859. The van der Waals surface area contributed by atoms with E-state index in [-0.39, 0.29) is 17.9 Å². The fourth-order valence-corrected chi connectivity index (χ4v) is 4.44. The van der Waals surface area contributed by atoms with Gasteiger partial charge in [-0.05, 0) is 41.8 Å². The lowest BCUT2D eigenvalue weighted by Gasteiger charge is -2.21. The highest BCUT2D eigenvalue weighted by atomic mass is 16.5. The summed E-state index contributed by atoms with van der Waals surface area (Å²) in [5.74, 6) is 1.18. The van der Waals surface area contributed by atoms with Crippen LogP contribution in [0.2, 0.25) is 0 Å². The highest BCUT2D eigenvalue weighted by molar-refractivity contribution is 5.86. The van der Waals surface area contributed by atoms with E-state index in [4.69, 9.17) is 9.47 Å². The van der Waals surface area contributed by atoms with Gasteiger partial charge in [-0.15, -0.1) is 0 Å². The Hall–Kier alpha value is -3.73. The third kappa shape index (κ3) is 4.72. The van der Waals surface area contributed by atoms with E-state index in [1.165, 1.54) is 0 Å². The second-order valence-electron chi connectivity index (χ2n) is 8.28. The zero-order chi connectivity index (χ0) is 23.4. The Morgan fingerprint density at radius 1 is 0.909 bits per heavy atom. The Morgan fingerprint density at radius 3 is 2.33 bits per heavy atom. The highest BCUT2D eigenvalue weighted by Crippen LogP contribution is 2.38. The molecule has 5 heteroatoms. The molecular weight excluding hydrogens is 412 g/mol. The van der Waals surface area contributed by atoms with Gasteiger partial charge in [0, 0.05) is 36.5 Å². The minimum atomic E-state index is -0.140. The minimum Gasteiger partial charge on any atom is -0.493 e. The molecule has 4 aromatic rings. The standard InChI is InChI=1S/C28H30N2O3/c1-19(20-10-6-5-7-11-20)29-28(31)17-23(21-14-15-26(32-3)27(16-21)33-4)24-18-30(2)25-13-9-8-12-22(24)25/h5-16,18-19,23H,17H2,1-4H3,(H,29,31). The molecule has 0 fully saturated rings. The Labute approximate surface area is 195 Å². The van der Waals surface area contributed by atoms with Gasteiger partial charge < -0.3 is 19.4 Å². The average molecular weight is 443 g/mol. The molecular formula is C28H30N2O3. The van der Waals surface area contributed by atoms with Gasteiger partial charge >= 0.3 is 0 Å². The van der Waals surface area contributed by atoms with Crippen molar-refractivity contribution in [3.63, 3.8) is 0 Å². The van der Waals surface area contributed by atoms with E-state index >= 15 is 0 Å². The van der Waals surface area contributed by atoms with Crippen LogP contribution in [0, 0.1) is 0 Å². The number of methoxy groups -OCH3 is 2. The molecule has 2 atom stereocenters. The third-order valence-corrected chi connectivity index (χ3v) is 6.18. The summed E-state index contributed by atoms with van der Waals surface area (Å²) in [6.07, 6.45) is 2.45. The predicted molar refractivity (Wildman–Crippen MR) is 132 cm³/mol. The maximum Gasteiger partial charge on any atom is 0.221 e. The van der Waals surface area contributed by atoms with Crippen LogP contribution in [0.3, 0.4) is 0 Å². The first kappa shape index (κ1) is 22.5. The summed E-state index contributed by atoms with van der Waals surface area (Å²) in [6, 6.07) is 24.1. The molecule has 0 bridgehead atoms. The lowest BCUT2D eigenvalue weighted by molar-refractivity contribution is -0.121. The van der Waals surface area contributed by atoms with Crippen molar-refractivity contribution in [2.75, 3.05) is 14.2 Å². The zero-order valence-electron chi connectivity index (χ0n) is 19.5. The van der Waals surface area contributed by atoms with Crippen LogP contribution in [0.15, 0.2) is 79.0 Å². The van der Waals surface area contributed by atoms with Crippen molar-refractivity contribution in [2.24, 2.45) is 7.05 Å². The summed E-state index contributed by atoms with van der Waals surface area (Å²) in [5, 5.41) is 4.31. The normalized spacial score (nSPS) is 12.8. The van der Waals surface area contributed by atoms with E-state index in [0.29, 0.717) is 17.9 Å². The van der Waals surface area contributed by atoms with E-state index < -0.39 is 0 Å². The van der Waals surface area contributed by atoms with Crippen LogP contribution < -0.4 is 14.8 Å². The molecule has 3 aromatic carbocycles. The van der Waals surface area contributed by atoms with Crippen LogP contribution in [0.5, 0.6) is 11.5 Å². The lowest BCUT2D eigenvalue weighted by Crippen LogP contribution is -2.28. The molecule has 0 aliphatic rings. The molecule has 2 unspecified atom stereocenters. The van der Waals surface area contributed by atoms with Gasteiger partial charge in [-0.2, -0.15) is 0 Å². The lowest BCUT2D eigenvalue weighted by atomic mass is 9.87. The molecule has 4 rings (SSSR count). The second kappa shape index (κ2) is 9.82. The van der Waals surface area contributed by atoms with Gasteiger partial charge in [0.05, 0.1) is 20.3 Å². The second-order valence-corrected chi connectivity index (χ2v) is 8.28. The van der Waals surface area contributed by atoms with E-state index in [2.05, 4.69) is 28.2 Å². The van der Waals surface area contributed by atoms with Crippen LogP contribution in [0.4, 0.5) is 0 Å². The topological polar surface area (TPSA) is 52.5 Å². The molecule has 1 N–H and O–H groups in total. The number of para-hydroxylation sites is 1. The van der Waals surface area contributed by atoms with Crippen LogP contribution in [-0.4, -0.2) is 24.7 Å². The number of fused-ring (bicyclic) bond motifs is 1. The Balaban J connectivity index is 1.71. The Morgan fingerprint density at radius 2 is 1.61 bits per heavy atom. The number of amides is 1. The first-order valence-electron chi connectivity index (χ1n) is 11.1. The predicted octanol–water partition coefficient (Wildman–Crippen LogP) is 5.59. The van der Waals surface area contributed by atoms with E-state index in [0.717, 1.165) is 27.6 Å². The quantitative estimate of drug-likeness (QED) is 0.387. The van der Waals surface area contributed by atoms with Gasteiger partial charge in [-0.1, -0.05) is 54.6 Å². The number of aromatic nitrogens is 1. The maximum atomic E-state index is 13.2. The van der Waals surface area contributed by atoms with Crippen LogP contribution in [0.25, 0.3) is 10.9 Å². The molecule has 5 nitrogen and oxygen atoms in total. The Bertz CT molecular complexity index is 1250. The summed E-state index contributed by atoms with van der Waals surface area (Å²) in [5.41, 5.74) is 4.34. The summed E-state index contributed by atoms with van der Waals surface area (Å²) in [7, 11) is 5.29.